The summed E-state index contributed by atoms with van der Waals surface area (Å²) < 4.78 is 72.5. The van der Waals surface area contributed by atoms with Gasteiger partial charge in [-0.2, -0.15) is 0 Å². The van der Waals surface area contributed by atoms with Crippen molar-refractivity contribution in [1.82, 2.24) is 9.62 Å². The number of sulfonamides is 1. The Kier molecular flexibility index (Phi) is 6.89. The van der Waals surface area contributed by atoms with Crippen LogP contribution in [0.5, 0.6) is 5.75 Å². The fourth-order valence-electron chi connectivity index (χ4n) is 2.88. The van der Waals surface area contributed by atoms with Crippen LogP contribution in [0.2, 0.25) is 0 Å². The number of benzene rings is 1. The van der Waals surface area contributed by atoms with Crippen molar-refractivity contribution in [3.05, 3.63) is 24.3 Å². The van der Waals surface area contributed by atoms with Gasteiger partial charge in [0, 0.05) is 19.6 Å². The van der Waals surface area contributed by atoms with Crippen molar-refractivity contribution in [3.8, 4) is 5.75 Å². The SMILES string of the molecule is CC1CN(CCCNS(=O)(=O)c2ccc(OC(F)(F)F)cc2)CC(C)O1. The lowest BCUT2D eigenvalue weighted by Gasteiger charge is -2.35. The topological polar surface area (TPSA) is 67.9 Å². The van der Waals surface area contributed by atoms with Gasteiger partial charge in [0.1, 0.15) is 5.75 Å². The molecule has 1 saturated heterocycles. The van der Waals surface area contributed by atoms with Gasteiger partial charge in [-0.3, -0.25) is 4.90 Å². The van der Waals surface area contributed by atoms with Gasteiger partial charge in [-0.15, -0.1) is 13.2 Å². The maximum atomic E-state index is 12.2. The van der Waals surface area contributed by atoms with Gasteiger partial charge >= 0.3 is 6.36 Å². The monoisotopic (exact) mass is 396 g/mol. The standard InChI is InChI=1S/C16H23F3N2O4S/c1-12-10-21(11-13(2)24-12)9-3-8-20-26(22,23)15-6-4-14(5-7-15)25-16(17,18)19/h4-7,12-13,20H,3,8-11H2,1-2H3. The van der Waals surface area contributed by atoms with Gasteiger partial charge in [-0.05, 0) is 51.1 Å². The average molecular weight is 396 g/mol. The third-order valence-corrected chi connectivity index (χ3v) is 5.28. The molecule has 0 radical (unpaired) electrons. The molecule has 1 fully saturated rings. The smallest absolute Gasteiger partial charge is 0.406 e. The minimum absolute atomic E-state index is 0.111. The van der Waals surface area contributed by atoms with Crippen LogP contribution in [-0.2, 0) is 14.8 Å². The van der Waals surface area contributed by atoms with Crippen LogP contribution in [-0.4, -0.2) is 58.1 Å². The first-order valence-electron chi connectivity index (χ1n) is 8.28. The zero-order valence-electron chi connectivity index (χ0n) is 14.6. The molecule has 1 aromatic carbocycles. The van der Waals surface area contributed by atoms with Crippen LogP contribution in [0.1, 0.15) is 20.3 Å². The lowest BCUT2D eigenvalue weighted by Crippen LogP contribution is -2.46. The van der Waals surface area contributed by atoms with Crippen molar-refractivity contribution < 1.29 is 31.1 Å². The van der Waals surface area contributed by atoms with E-state index < -0.39 is 22.1 Å². The van der Waals surface area contributed by atoms with Gasteiger partial charge in [0.2, 0.25) is 10.0 Å². The average Bonchev–Trinajstić information content (AvgIpc) is 2.50. The summed E-state index contributed by atoms with van der Waals surface area (Å²) in [5.74, 6) is -0.466. The van der Waals surface area contributed by atoms with E-state index in [4.69, 9.17) is 4.74 Å². The number of nitrogens with zero attached hydrogens (tertiary/aromatic N) is 1. The maximum absolute atomic E-state index is 12.2. The highest BCUT2D eigenvalue weighted by molar-refractivity contribution is 7.89. The number of halogens is 3. The van der Waals surface area contributed by atoms with E-state index in [0.717, 1.165) is 43.9 Å². The van der Waals surface area contributed by atoms with Crippen LogP contribution in [0, 0.1) is 0 Å². The van der Waals surface area contributed by atoms with Crippen LogP contribution in [0.25, 0.3) is 0 Å². The molecule has 6 nitrogen and oxygen atoms in total. The highest BCUT2D eigenvalue weighted by atomic mass is 32.2. The highest BCUT2D eigenvalue weighted by Crippen LogP contribution is 2.23. The Labute approximate surface area is 151 Å². The lowest BCUT2D eigenvalue weighted by molar-refractivity contribution is -0.274. The number of ether oxygens (including phenoxy) is 2. The summed E-state index contributed by atoms with van der Waals surface area (Å²) in [6.07, 6.45) is -3.90. The molecular formula is C16H23F3N2O4S. The second-order valence-electron chi connectivity index (χ2n) is 6.29. The molecule has 0 aliphatic carbocycles. The third-order valence-electron chi connectivity index (χ3n) is 3.81. The molecule has 26 heavy (non-hydrogen) atoms. The van der Waals surface area contributed by atoms with Crippen LogP contribution in [0.15, 0.2) is 29.2 Å². The molecule has 0 amide bonds. The van der Waals surface area contributed by atoms with E-state index in [-0.39, 0.29) is 23.6 Å². The van der Waals surface area contributed by atoms with Crippen LogP contribution >= 0.6 is 0 Å². The molecule has 1 N–H and O–H groups in total. The summed E-state index contributed by atoms with van der Waals surface area (Å²) in [7, 11) is -3.78. The predicted molar refractivity (Wildman–Crippen MR) is 89.4 cm³/mol. The zero-order chi connectivity index (χ0) is 19.4. The highest BCUT2D eigenvalue weighted by Gasteiger charge is 2.31. The molecule has 10 heteroatoms. The number of morpholine rings is 1. The summed E-state index contributed by atoms with van der Waals surface area (Å²) in [6, 6.07) is 4.10. The van der Waals surface area contributed by atoms with E-state index in [0.29, 0.717) is 6.42 Å². The molecule has 2 atom stereocenters. The summed E-state index contributed by atoms with van der Waals surface area (Å²) >= 11 is 0. The van der Waals surface area contributed by atoms with Crippen LogP contribution in [0.4, 0.5) is 13.2 Å². The Hall–Kier alpha value is -1.36. The van der Waals surface area contributed by atoms with Crippen molar-refractivity contribution in [1.29, 1.82) is 0 Å². The minimum atomic E-state index is -4.81. The van der Waals surface area contributed by atoms with Crippen molar-refractivity contribution in [2.45, 2.75) is 43.7 Å². The minimum Gasteiger partial charge on any atom is -0.406 e. The van der Waals surface area contributed by atoms with Crippen molar-refractivity contribution in [3.63, 3.8) is 0 Å². The Morgan fingerprint density at radius 1 is 1.19 bits per heavy atom. The largest absolute Gasteiger partial charge is 0.573 e. The Morgan fingerprint density at radius 2 is 1.77 bits per heavy atom. The molecular weight excluding hydrogens is 373 g/mol. The molecule has 148 valence electrons. The van der Waals surface area contributed by atoms with Gasteiger partial charge in [0.05, 0.1) is 17.1 Å². The second kappa shape index (κ2) is 8.55. The molecule has 0 saturated carbocycles. The Bertz CT molecular complexity index is 670. The molecule has 1 aliphatic heterocycles. The van der Waals surface area contributed by atoms with Gasteiger partial charge in [0.15, 0.2) is 0 Å². The van der Waals surface area contributed by atoms with E-state index in [2.05, 4.69) is 14.4 Å². The summed E-state index contributed by atoms with van der Waals surface area (Å²) in [6.45, 7) is 6.58. The molecule has 2 unspecified atom stereocenters. The maximum Gasteiger partial charge on any atom is 0.573 e. The first-order chi connectivity index (χ1) is 12.0. The van der Waals surface area contributed by atoms with Gasteiger partial charge < -0.3 is 9.47 Å². The van der Waals surface area contributed by atoms with Crippen LogP contribution in [0.3, 0.4) is 0 Å². The number of hydrogen-bond acceptors (Lipinski definition) is 5. The van der Waals surface area contributed by atoms with E-state index in [9.17, 15) is 21.6 Å². The molecule has 0 aromatic heterocycles. The second-order valence-corrected chi connectivity index (χ2v) is 8.05. The molecule has 0 bridgehead atoms. The van der Waals surface area contributed by atoms with Crippen molar-refractivity contribution in [2.24, 2.45) is 0 Å². The van der Waals surface area contributed by atoms with E-state index in [1.165, 1.54) is 0 Å². The first kappa shape index (κ1) is 20.9. The molecule has 1 heterocycles. The quantitative estimate of drug-likeness (QED) is 0.717. The number of hydrogen-bond donors (Lipinski definition) is 1. The fourth-order valence-corrected chi connectivity index (χ4v) is 3.95. The summed E-state index contributed by atoms with van der Waals surface area (Å²) in [5, 5.41) is 0. The number of nitrogens with one attached hydrogen (secondary N) is 1. The van der Waals surface area contributed by atoms with E-state index in [1.54, 1.807) is 0 Å². The normalized spacial score (nSPS) is 22.3. The van der Waals surface area contributed by atoms with Crippen molar-refractivity contribution >= 4 is 10.0 Å². The van der Waals surface area contributed by atoms with E-state index >= 15 is 0 Å². The molecule has 0 spiro atoms. The van der Waals surface area contributed by atoms with Gasteiger partial charge in [-0.1, -0.05) is 0 Å². The third kappa shape index (κ3) is 6.75. The fraction of sp³-hybridized carbons (Fsp3) is 0.625. The molecule has 1 aromatic rings. The van der Waals surface area contributed by atoms with E-state index in [1.807, 2.05) is 13.8 Å². The predicted octanol–water partition coefficient (Wildman–Crippen LogP) is 2.36. The summed E-state index contributed by atoms with van der Waals surface area (Å²) in [4.78, 5) is 2.11. The molecule has 1 aliphatic rings. The number of rotatable bonds is 7. The van der Waals surface area contributed by atoms with Gasteiger partial charge in [0.25, 0.3) is 0 Å². The Balaban J connectivity index is 1.81. The Morgan fingerprint density at radius 3 is 2.31 bits per heavy atom. The lowest BCUT2D eigenvalue weighted by atomic mass is 10.2. The number of alkyl halides is 3. The first-order valence-corrected chi connectivity index (χ1v) is 9.77. The summed E-state index contributed by atoms with van der Waals surface area (Å²) in [5.41, 5.74) is 0. The molecule has 2 rings (SSSR count). The van der Waals surface area contributed by atoms with Gasteiger partial charge in [-0.25, -0.2) is 13.1 Å². The van der Waals surface area contributed by atoms with Crippen LogP contribution < -0.4 is 9.46 Å². The zero-order valence-corrected chi connectivity index (χ0v) is 15.4. The van der Waals surface area contributed by atoms with Crippen molar-refractivity contribution in [2.75, 3.05) is 26.2 Å².